The fourth-order valence-electron chi connectivity index (χ4n) is 3.94. The Kier molecular flexibility index (Phi) is 10.9. The lowest BCUT2D eigenvalue weighted by molar-refractivity contribution is -0.123. The molecule has 3 N–H and O–H groups in total. The SMILES string of the molecule is CCc1cccc(CNC[C@H](O)[C@H](Cc2cc(F)cc(F)c2)NC(=O)CCOc2ccc(OC)cc2)c1. The van der Waals surface area contributed by atoms with Crippen LogP contribution in [0.2, 0.25) is 0 Å². The number of aliphatic hydroxyl groups excluding tert-OH is 1. The second kappa shape index (κ2) is 14.3. The largest absolute Gasteiger partial charge is 0.497 e. The van der Waals surface area contributed by atoms with Gasteiger partial charge in [0.15, 0.2) is 0 Å². The van der Waals surface area contributed by atoms with Crippen molar-refractivity contribution in [2.45, 2.75) is 44.9 Å². The Morgan fingerprint density at radius 2 is 1.62 bits per heavy atom. The molecule has 0 spiro atoms. The molecule has 0 bridgehead atoms. The number of amides is 1. The standard InChI is InChI=1S/C29H34F2N2O4/c1-3-20-5-4-6-21(13-20)18-32-19-28(34)27(16-22-14-23(30)17-24(31)15-22)33-29(35)11-12-37-26-9-7-25(36-2)8-10-26/h4-10,13-15,17,27-28,32,34H,3,11-12,16,18-19H2,1-2H3,(H,33,35)/t27-,28-/m0/s1. The van der Waals surface area contributed by atoms with E-state index in [1.165, 1.54) is 17.7 Å². The van der Waals surface area contributed by atoms with E-state index in [4.69, 9.17) is 9.47 Å². The van der Waals surface area contributed by atoms with Crippen molar-refractivity contribution in [3.63, 3.8) is 0 Å². The van der Waals surface area contributed by atoms with Gasteiger partial charge in [0.1, 0.15) is 23.1 Å². The van der Waals surface area contributed by atoms with Gasteiger partial charge in [-0.2, -0.15) is 0 Å². The number of halogens is 2. The van der Waals surface area contributed by atoms with Crippen molar-refractivity contribution in [3.05, 3.63) is 95.1 Å². The predicted molar refractivity (Wildman–Crippen MR) is 139 cm³/mol. The molecular weight excluding hydrogens is 478 g/mol. The van der Waals surface area contributed by atoms with Gasteiger partial charge >= 0.3 is 0 Å². The van der Waals surface area contributed by atoms with Crippen molar-refractivity contribution in [1.29, 1.82) is 0 Å². The van der Waals surface area contributed by atoms with E-state index >= 15 is 0 Å². The molecule has 0 saturated carbocycles. The third-order valence-electron chi connectivity index (χ3n) is 5.93. The van der Waals surface area contributed by atoms with E-state index in [1.807, 2.05) is 12.1 Å². The molecule has 2 atom stereocenters. The van der Waals surface area contributed by atoms with Gasteiger partial charge in [-0.3, -0.25) is 4.79 Å². The molecule has 3 aromatic rings. The summed E-state index contributed by atoms with van der Waals surface area (Å²) in [5.74, 6) is -0.475. The maximum absolute atomic E-state index is 13.7. The van der Waals surface area contributed by atoms with Crippen LogP contribution in [0, 0.1) is 11.6 Å². The summed E-state index contributed by atoms with van der Waals surface area (Å²) in [6.07, 6.45) is 0.0432. The average Bonchev–Trinajstić information content (AvgIpc) is 2.88. The van der Waals surface area contributed by atoms with Gasteiger partial charge in [0.05, 0.1) is 32.3 Å². The first-order valence-corrected chi connectivity index (χ1v) is 12.3. The number of carbonyl (C=O) groups is 1. The van der Waals surface area contributed by atoms with Gasteiger partial charge in [0, 0.05) is 19.2 Å². The summed E-state index contributed by atoms with van der Waals surface area (Å²) in [6.45, 7) is 2.93. The molecular formula is C29H34F2N2O4. The Morgan fingerprint density at radius 3 is 2.30 bits per heavy atom. The lowest BCUT2D eigenvalue weighted by Gasteiger charge is -2.25. The van der Waals surface area contributed by atoms with Crippen LogP contribution in [0.15, 0.2) is 66.7 Å². The number of ether oxygens (including phenoxy) is 2. The molecule has 1 amide bonds. The zero-order valence-electron chi connectivity index (χ0n) is 21.2. The van der Waals surface area contributed by atoms with Gasteiger partial charge < -0.3 is 25.2 Å². The maximum atomic E-state index is 13.7. The van der Waals surface area contributed by atoms with Crippen LogP contribution in [0.3, 0.4) is 0 Å². The van der Waals surface area contributed by atoms with E-state index in [0.29, 0.717) is 23.6 Å². The minimum absolute atomic E-state index is 0.0456. The molecule has 0 heterocycles. The molecule has 198 valence electrons. The Bertz CT molecular complexity index is 1120. The van der Waals surface area contributed by atoms with Crippen molar-refractivity contribution in [3.8, 4) is 11.5 Å². The molecule has 0 unspecified atom stereocenters. The second-order valence-electron chi connectivity index (χ2n) is 8.80. The highest BCUT2D eigenvalue weighted by molar-refractivity contribution is 5.76. The summed E-state index contributed by atoms with van der Waals surface area (Å²) in [5, 5.41) is 16.9. The van der Waals surface area contributed by atoms with E-state index in [-0.39, 0.29) is 31.9 Å². The van der Waals surface area contributed by atoms with Crippen LogP contribution in [0.1, 0.15) is 30.0 Å². The number of hydrogen-bond donors (Lipinski definition) is 3. The van der Waals surface area contributed by atoms with E-state index in [1.54, 1.807) is 31.4 Å². The molecule has 0 aliphatic carbocycles. The van der Waals surface area contributed by atoms with Crippen LogP contribution in [-0.2, 0) is 24.2 Å². The normalized spacial score (nSPS) is 12.6. The minimum atomic E-state index is -0.993. The summed E-state index contributed by atoms with van der Waals surface area (Å²) in [7, 11) is 1.57. The first kappa shape index (κ1) is 28.1. The number of carbonyl (C=O) groups excluding carboxylic acids is 1. The quantitative estimate of drug-likeness (QED) is 0.302. The summed E-state index contributed by atoms with van der Waals surface area (Å²) in [4.78, 5) is 12.6. The highest BCUT2D eigenvalue weighted by Gasteiger charge is 2.22. The van der Waals surface area contributed by atoms with Gasteiger partial charge in [-0.15, -0.1) is 0 Å². The molecule has 6 nitrogen and oxygen atoms in total. The Hall–Kier alpha value is -3.49. The first-order valence-electron chi connectivity index (χ1n) is 12.3. The molecule has 3 aromatic carbocycles. The van der Waals surface area contributed by atoms with Gasteiger partial charge in [0.25, 0.3) is 0 Å². The van der Waals surface area contributed by atoms with E-state index in [2.05, 4.69) is 29.7 Å². The van der Waals surface area contributed by atoms with Crippen LogP contribution in [0.4, 0.5) is 8.78 Å². The smallest absolute Gasteiger partial charge is 0.223 e. The number of aliphatic hydroxyl groups is 1. The van der Waals surface area contributed by atoms with Gasteiger partial charge in [-0.25, -0.2) is 8.78 Å². The first-order chi connectivity index (χ1) is 17.9. The van der Waals surface area contributed by atoms with Gasteiger partial charge in [-0.1, -0.05) is 31.2 Å². The summed E-state index contributed by atoms with van der Waals surface area (Å²) in [5.41, 5.74) is 2.64. The van der Waals surface area contributed by atoms with Gasteiger partial charge in [0.2, 0.25) is 5.91 Å². The average molecular weight is 513 g/mol. The zero-order valence-corrected chi connectivity index (χ0v) is 21.2. The van der Waals surface area contributed by atoms with Crippen LogP contribution >= 0.6 is 0 Å². The van der Waals surface area contributed by atoms with Crippen molar-refractivity contribution >= 4 is 5.91 Å². The third kappa shape index (κ3) is 9.48. The van der Waals surface area contributed by atoms with E-state index in [0.717, 1.165) is 18.1 Å². The second-order valence-corrected chi connectivity index (χ2v) is 8.80. The number of nitrogens with one attached hydrogen (secondary N) is 2. The fourth-order valence-corrected chi connectivity index (χ4v) is 3.94. The fraction of sp³-hybridized carbons (Fsp3) is 0.345. The molecule has 37 heavy (non-hydrogen) atoms. The monoisotopic (exact) mass is 512 g/mol. The zero-order chi connectivity index (χ0) is 26.6. The number of benzene rings is 3. The molecule has 0 radical (unpaired) electrons. The van der Waals surface area contributed by atoms with E-state index in [9.17, 15) is 18.7 Å². The van der Waals surface area contributed by atoms with Crippen LogP contribution < -0.4 is 20.1 Å². The maximum Gasteiger partial charge on any atom is 0.223 e. The van der Waals surface area contributed by atoms with Crippen molar-refractivity contribution in [2.24, 2.45) is 0 Å². The lowest BCUT2D eigenvalue weighted by atomic mass is 10.00. The third-order valence-corrected chi connectivity index (χ3v) is 5.93. The molecule has 0 fully saturated rings. The van der Waals surface area contributed by atoms with Crippen molar-refractivity contribution < 1.29 is 28.2 Å². The van der Waals surface area contributed by atoms with Crippen molar-refractivity contribution in [1.82, 2.24) is 10.6 Å². The molecule has 0 saturated heterocycles. The number of aryl methyl sites for hydroxylation is 1. The van der Waals surface area contributed by atoms with Crippen LogP contribution in [-0.4, -0.2) is 43.4 Å². The van der Waals surface area contributed by atoms with Crippen LogP contribution in [0.25, 0.3) is 0 Å². The summed E-state index contributed by atoms with van der Waals surface area (Å²) in [6, 6.07) is 17.6. The summed E-state index contributed by atoms with van der Waals surface area (Å²) < 4.78 is 38.2. The highest BCUT2D eigenvalue weighted by atomic mass is 19.1. The summed E-state index contributed by atoms with van der Waals surface area (Å²) >= 11 is 0. The minimum Gasteiger partial charge on any atom is -0.497 e. The Balaban J connectivity index is 1.58. The predicted octanol–water partition coefficient (Wildman–Crippen LogP) is 4.18. The Morgan fingerprint density at radius 1 is 0.946 bits per heavy atom. The Labute approximate surface area is 216 Å². The molecule has 8 heteroatoms. The number of rotatable bonds is 14. The van der Waals surface area contributed by atoms with Crippen LogP contribution in [0.5, 0.6) is 11.5 Å². The van der Waals surface area contributed by atoms with Crippen molar-refractivity contribution in [2.75, 3.05) is 20.3 Å². The highest BCUT2D eigenvalue weighted by Crippen LogP contribution is 2.17. The molecule has 0 aliphatic rings. The van der Waals surface area contributed by atoms with Gasteiger partial charge in [-0.05, 0) is 65.9 Å². The number of methoxy groups -OCH3 is 1. The molecule has 0 aromatic heterocycles. The topological polar surface area (TPSA) is 79.8 Å². The lowest BCUT2D eigenvalue weighted by Crippen LogP contribution is -2.48. The molecule has 0 aliphatic heterocycles. The molecule has 3 rings (SSSR count). The number of hydrogen-bond acceptors (Lipinski definition) is 5. The van der Waals surface area contributed by atoms with E-state index < -0.39 is 23.8 Å².